The number of rotatable bonds is 8. The van der Waals surface area contributed by atoms with Crippen molar-refractivity contribution >= 4 is 29.9 Å². The second-order valence-electron chi connectivity index (χ2n) is 4.90. The van der Waals surface area contributed by atoms with Crippen molar-refractivity contribution in [2.45, 2.75) is 20.8 Å². The van der Waals surface area contributed by atoms with Crippen LogP contribution in [0.1, 0.15) is 19.4 Å². The lowest BCUT2D eigenvalue weighted by Crippen LogP contribution is -2.01. The Hall–Kier alpha value is -1.59. The number of hydrogen-bond donors (Lipinski definition) is 0. The number of azo groups is 1. The van der Waals surface area contributed by atoms with Gasteiger partial charge in [-0.25, -0.2) is 0 Å². The first kappa shape index (κ1) is 18.7. The number of nitrogens with zero attached hydrogens (tertiary/aromatic N) is 2. The molecule has 0 saturated carbocycles. The second kappa shape index (κ2) is 9.04. The van der Waals surface area contributed by atoms with Crippen LogP contribution in [0.3, 0.4) is 0 Å². The van der Waals surface area contributed by atoms with E-state index in [1.165, 1.54) is 5.56 Å². The van der Waals surface area contributed by atoms with Crippen molar-refractivity contribution in [3.8, 4) is 5.75 Å². The summed E-state index contributed by atoms with van der Waals surface area (Å²) in [6.07, 6.45) is 0. The molecule has 2 rings (SSSR count). The Labute approximate surface area is 147 Å². The Balaban J connectivity index is 2.04. The molecule has 0 amide bonds. The van der Waals surface area contributed by atoms with Crippen LogP contribution in [-0.4, -0.2) is 13.2 Å². The number of hydrogen-bond acceptors (Lipinski definition) is 6. The van der Waals surface area contributed by atoms with Crippen molar-refractivity contribution in [3.05, 3.63) is 54.1 Å². The van der Waals surface area contributed by atoms with Crippen LogP contribution in [0.2, 0.25) is 0 Å². The molecule has 24 heavy (non-hydrogen) atoms. The molecule has 7 heteroatoms. The molecule has 0 atom stereocenters. The average molecular weight is 364 g/mol. The summed E-state index contributed by atoms with van der Waals surface area (Å²) >= 11 is 5.34. The van der Waals surface area contributed by atoms with Gasteiger partial charge in [-0.05, 0) is 57.2 Å². The average Bonchev–Trinajstić information content (AvgIpc) is 2.56. The quantitative estimate of drug-likeness (QED) is 0.420. The van der Waals surface area contributed by atoms with Gasteiger partial charge < -0.3 is 4.52 Å². The highest BCUT2D eigenvalue weighted by Crippen LogP contribution is 2.49. The van der Waals surface area contributed by atoms with E-state index < -0.39 is 6.72 Å². The van der Waals surface area contributed by atoms with Crippen molar-refractivity contribution in [1.29, 1.82) is 0 Å². The van der Waals surface area contributed by atoms with Crippen molar-refractivity contribution in [2.75, 3.05) is 13.2 Å². The Bertz CT molecular complexity index is 708. The fourth-order valence-electron chi connectivity index (χ4n) is 1.84. The zero-order chi connectivity index (χ0) is 17.4. The molecule has 0 saturated heterocycles. The van der Waals surface area contributed by atoms with Gasteiger partial charge in [0.2, 0.25) is 0 Å². The first-order valence-electron chi connectivity index (χ1n) is 7.72. The summed E-state index contributed by atoms with van der Waals surface area (Å²) in [5.74, 6) is 0.592. The lowest BCUT2D eigenvalue weighted by molar-refractivity contribution is 0.218. The molecular weight excluding hydrogens is 343 g/mol. The van der Waals surface area contributed by atoms with E-state index in [-0.39, 0.29) is 0 Å². The maximum absolute atomic E-state index is 5.72. The maximum atomic E-state index is 5.72. The van der Waals surface area contributed by atoms with Crippen LogP contribution in [-0.2, 0) is 20.9 Å². The topological polar surface area (TPSA) is 52.4 Å². The highest BCUT2D eigenvalue weighted by molar-refractivity contribution is 8.07. The Morgan fingerprint density at radius 3 is 1.75 bits per heavy atom. The van der Waals surface area contributed by atoms with Gasteiger partial charge in [0.25, 0.3) is 0 Å². The molecule has 128 valence electrons. The summed E-state index contributed by atoms with van der Waals surface area (Å²) in [5.41, 5.74) is 2.72. The second-order valence-corrected chi connectivity index (χ2v) is 7.84. The first-order chi connectivity index (χ1) is 11.5. The predicted octanol–water partition coefficient (Wildman–Crippen LogP) is 6.09. The van der Waals surface area contributed by atoms with Crippen LogP contribution >= 0.6 is 6.72 Å². The molecule has 0 fully saturated rings. The largest absolute Gasteiger partial charge is 0.424 e. The van der Waals surface area contributed by atoms with Crippen molar-refractivity contribution < 1.29 is 13.6 Å². The molecular formula is C17H21N2O3PS. The molecule has 0 N–H and O–H groups in total. The Morgan fingerprint density at radius 1 is 0.833 bits per heavy atom. The van der Waals surface area contributed by atoms with Gasteiger partial charge in [0, 0.05) is 11.8 Å². The van der Waals surface area contributed by atoms with Crippen molar-refractivity contribution in [1.82, 2.24) is 0 Å². The molecule has 5 nitrogen and oxygen atoms in total. The Kier molecular flexibility index (Phi) is 7.06. The highest BCUT2D eigenvalue weighted by Gasteiger charge is 2.20. The fraction of sp³-hybridized carbons (Fsp3) is 0.294. The SMILES string of the molecule is CCOP(=S)(OCC)Oc1ccc(N=Nc2ccc(C)cc2)cc1. The molecule has 2 aromatic carbocycles. The van der Waals surface area contributed by atoms with Gasteiger partial charge in [0.05, 0.1) is 24.6 Å². The van der Waals surface area contributed by atoms with Gasteiger partial charge in [0.15, 0.2) is 0 Å². The van der Waals surface area contributed by atoms with E-state index in [4.69, 9.17) is 25.4 Å². The van der Waals surface area contributed by atoms with E-state index in [1.807, 2.05) is 57.2 Å². The summed E-state index contributed by atoms with van der Waals surface area (Å²) in [7, 11) is 0. The minimum atomic E-state index is -2.75. The van der Waals surface area contributed by atoms with E-state index in [0.717, 1.165) is 11.4 Å². The summed E-state index contributed by atoms with van der Waals surface area (Å²) in [4.78, 5) is 0. The van der Waals surface area contributed by atoms with Gasteiger partial charge in [-0.15, -0.1) is 0 Å². The molecule has 0 spiro atoms. The number of aryl methyl sites for hydroxylation is 1. The molecule has 0 bridgehead atoms. The van der Waals surface area contributed by atoms with Crippen molar-refractivity contribution in [3.63, 3.8) is 0 Å². The van der Waals surface area contributed by atoms with Gasteiger partial charge in [0.1, 0.15) is 5.75 Å². The minimum Gasteiger partial charge on any atom is -0.424 e. The van der Waals surface area contributed by atoms with Gasteiger partial charge in [-0.2, -0.15) is 10.2 Å². The zero-order valence-corrected chi connectivity index (χ0v) is 15.7. The summed E-state index contributed by atoms with van der Waals surface area (Å²) in [6.45, 7) is 3.90. The lowest BCUT2D eigenvalue weighted by atomic mass is 10.2. The van der Waals surface area contributed by atoms with E-state index in [2.05, 4.69) is 10.2 Å². The zero-order valence-electron chi connectivity index (χ0n) is 14.0. The van der Waals surface area contributed by atoms with Gasteiger partial charge in [-0.3, -0.25) is 9.05 Å². The molecule has 0 aliphatic carbocycles. The highest BCUT2D eigenvalue weighted by atomic mass is 32.5. The summed E-state index contributed by atoms with van der Waals surface area (Å²) in [5, 5.41) is 8.41. The molecule has 0 radical (unpaired) electrons. The van der Waals surface area contributed by atoms with E-state index in [1.54, 1.807) is 12.1 Å². The minimum absolute atomic E-state index is 0.445. The predicted molar refractivity (Wildman–Crippen MR) is 100.0 cm³/mol. The van der Waals surface area contributed by atoms with Crippen molar-refractivity contribution in [2.24, 2.45) is 10.2 Å². The monoisotopic (exact) mass is 364 g/mol. The van der Waals surface area contributed by atoms with Crippen LogP contribution in [0.15, 0.2) is 58.8 Å². The molecule has 0 aromatic heterocycles. The summed E-state index contributed by atoms with van der Waals surface area (Å²) in [6, 6.07) is 15.0. The number of benzene rings is 2. The van der Waals surface area contributed by atoms with E-state index in [9.17, 15) is 0 Å². The third-order valence-electron chi connectivity index (χ3n) is 2.94. The maximum Gasteiger partial charge on any atom is 0.380 e. The Morgan fingerprint density at radius 2 is 1.29 bits per heavy atom. The van der Waals surface area contributed by atoms with Crippen LogP contribution < -0.4 is 4.52 Å². The van der Waals surface area contributed by atoms with Crippen LogP contribution in [0.25, 0.3) is 0 Å². The van der Waals surface area contributed by atoms with E-state index in [0.29, 0.717) is 19.0 Å². The molecule has 0 unspecified atom stereocenters. The standard InChI is InChI=1S/C17H21N2O3PS/c1-4-20-23(24,21-5-2)22-17-12-10-16(11-13-17)19-18-15-8-6-14(3)7-9-15/h6-13H,4-5H2,1-3H3. The third-order valence-corrected chi connectivity index (χ3v) is 5.38. The smallest absolute Gasteiger partial charge is 0.380 e. The van der Waals surface area contributed by atoms with Gasteiger partial charge >= 0.3 is 6.72 Å². The molecule has 0 aliphatic rings. The fourth-order valence-corrected chi connectivity index (χ4v) is 3.92. The first-order valence-corrected chi connectivity index (χ1v) is 10.3. The molecule has 0 heterocycles. The lowest BCUT2D eigenvalue weighted by Gasteiger charge is -2.20. The molecule has 2 aromatic rings. The molecule has 0 aliphatic heterocycles. The van der Waals surface area contributed by atoms with Crippen LogP contribution in [0, 0.1) is 6.92 Å². The third kappa shape index (κ3) is 5.80. The van der Waals surface area contributed by atoms with E-state index >= 15 is 0 Å². The summed E-state index contributed by atoms with van der Waals surface area (Å²) < 4.78 is 16.6. The van der Waals surface area contributed by atoms with Gasteiger partial charge in [-0.1, -0.05) is 17.7 Å². The normalized spacial score (nSPS) is 11.8. The van der Waals surface area contributed by atoms with Crippen LogP contribution in [0.4, 0.5) is 11.4 Å². The van der Waals surface area contributed by atoms with Crippen LogP contribution in [0.5, 0.6) is 5.75 Å².